The van der Waals surface area contributed by atoms with Crippen LogP contribution in [0.4, 0.5) is 17.3 Å². The highest BCUT2D eigenvalue weighted by Gasteiger charge is 2.25. The van der Waals surface area contributed by atoms with E-state index in [9.17, 15) is 14.9 Å². The summed E-state index contributed by atoms with van der Waals surface area (Å²) in [5.74, 6) is 0.355. The summed E-state index contributed by atoms with van der Waals surface area (Å²) in [5, 5.41) is 14.3. The zero-order valence-corrected chi connectivity index (χ0v) is 15.5. The average Bonchev–Trinajstić information content (AvgIpc) is 3.09. The number of anilines is 2. The molecule has 0 bridgehead atoms. The van der Waals surface area contributed by atoms with E-state index in [-0.39, 0.29) is 11.3 Å². The molecule has 0 spiro atoms. The lowest BCUT2D eigenvalue weighted by Crippen LogP contribution is -2.34. The van der Waals surface area contributed by atoms with E-state index < -0.39 is 10.8 Å². The monoisotopic (exact) mass is 379 g/mol. The third kappa shape index (κ3) is 3.53. The van der Waals surface area contributed by atoms with E-state index in [4.69, 9.17) is 0 Å². The molecular weight excluding hydrogens is 358 g/mol. The number of nitrogens with one attached hydrogen (secondary N) is 2. The van der Waals surface area contributed by atoms with Gasteiger partial charge in [-0.25, -0.2) is 4.98 Å². The number of aromatic amines is 1. The van der Waals surface area contributed by atoms with Crippen molar-refractivity contribution in [1.29, 1.82) is 0 Å². The Bertz CT molecular complexity index is 1010. The molecule has 28 heavy (non-hydrogen) atoms. The molecule has 1 amide bonds. The third-order valence-corrected chi connectivity index (χ3v) is 5.05. The quantitative estimate of drug-likeness (QED) is 0.527. The van der Waals surface area contributed by atoms with Gasteiger partial charge >= 0.3 is 0 Å². The zero-order chi connectivity index (χ0) is 19.7. The number of carbonyl (C=O) groups is 1. The van der Waals surface area contributed by atoms with E-state index >= 15 is 0 Å². The van der Waals surface area contributed by atoms with Gasteiger partial charge in [0.05, 0.1) is 16.0 Å². The molecular formula is C20H21N5O3. The van der Waals surface area contributed by atoms with Gasteiger partial charge in [0, 0.05) is 24.7 Å². The number of fused-ring (bicyclic) bond motifs is 1. The maximum atomic E-state index is 12.6. The molecule has 1 atom stereocenters. The Balaban J connectivity index is 1.59. The highest BCUT2D eigenvalue weighted by molar-refractivity contribution is 6.04. The number of amides is 1. The number of H-pyrrole nitrogens is 1. The fraction of sp³-hybridized carbons (Fsp3) is 0.300. The van der Waals surface area contributed by atoms with Crippen LogP contribution in [0.1, 0.15) is 30.1 Å². The van der Waals surface area contributed by atoms with Gasteiger partial charge in [-0.15, -0.1) is 0 Å². The van der Waals surface area contributed by atoms with Crippen molar-refractivity contribution in [3.63, 3.8) is 0 Å². The Morgan fingerprint density at radius 2 is 2.14 bits per heavy atom. The number of hydrogen-bond donors (Lipinski definition) is 2. The second-order valence-electron chi connectivity index (χ2n) is 7.21. The third-order valence-electron chi connectivity index (χ3n) is 5.05. The molecule has 1 saturated heterocycles. The first-order valence-corrected chi connectivity index (χ1v) is 9.31. The summed E-state index contributed by atoms with van der Waals surface area (Å²) < 4.78 is 0. The lowest BCUT2D eigenvalue weighted by atomic mass is 9.99. The Labute approximate surface area is 161 Å². The van der Waals surface area contributed by atoms with Crippen molar-refractivity contribution in [1.82, 2.24) is 9.97 Å². The molecule has 0 saturated carbocycles. The zero-order valence-electron chi connectivity index (χ0n) is 15.5. The second-order valence-corrected chi connectivity index (χ2v) is 7.21. The van der Waals surface area contributed by atoms with Gasteiger partial charge < -0.3 is 9.88 Å². The van der Waals surface area contributed by atoms with Crippen LogP contribution in [0.3, 0.4) is 0 Å². The van der Waals surface area contributed by atoms with Crippen LogP contribution in [0.25, 0.3) is 11.0 Å². The number of nitro groups is 1. The molecule has 8 heteroatoms. The van der Waals surface area contributed by atoms with E-state index in [1.54, 1.807) is 12.1 Å². The van der Waals surface area contributed by atoms with Gasteiger partial charge in [-0.2, -0.15) is 0 Å². The molecule has 144 valence electrons. The summed E-state index contributed by atoms with van der Waals surface area (Å²) in [6, 6.07) is 12.1. The molecule has 2 heterocycles. The summed E-state index contributed by atoms with van der Waals surface area (Å²) in [5.41, 5.74) is 2.28. The Hall–Kier alpha value is -3.42. The molecule has 4 rings (SSSR count). The summed E-state index contributed by atoms with van der Waals surface area (Å²) in [6.45, 7) is 3.72. The molecule has 0 aliphatic carbocycles. The average molecular weight is 379 g/mol. The standard InChI is InChI=1S/C20H21N5O3/c1-13-5-4-10-24(12-13)17-9-8-14(11-18(17)25(27)28)19(26)23-20-21-15-6-2-3-7-16(15)22-20/h2-3,6-9,11,13H,4-5,10,12H2,1H3,(H2,21,22,23,26)/t13-/m0/s1. The molecule has 1 aromatic heterocycles. The SMILES string of the molecule is C[C@H]1CCCN(c2ccc(C(=O)Nc3nc4ccccc4[nH]3)cc2[N+](=O)[O-])C1. The molecule has 2 N–H and O–H groups in total. The van der Waals surface area contributed by atoms with Crippen LogP contribution >= 0.6 is 0 Å². The largest absolute Gasteiger partial charge is 0.366 e. The number of carbonyl (C=O) groups excluding carboxylic acids is 1. The minimum absolute atomic E-state index is 0.0497. The number of hydrogen-bond acceptors (Lipinski definition) is 5. The summed E-state index contributed by atoms with van der Waals surface area (Å²) in [4.78, 5) is 33.2. The Kier molecular flexibility index (Phi) is 4.68. The van der Waals surface area contributed by atoms with Crippen LogP contribution in [0, 0.1) is 16.0 Å². The van der Waals surface area contributed by atoms with E-state index in [1.165, 1.54) is 6.07 Å². The van der Waals surface area contributed by atoms with Gasteiger partial charge in [-0.05, 0) is 43.0 Å². The molecule has 2 aromatic carbocycles. The van der Waals surface area contributed by atoms with Crippen molar-refractivity contribution in [2.75, 3.05) is 23.3 Å². The van der Waals surface area contributed by atoms with Crippen molar-refractivity contribution < 1.29 is 9.72 Å². The molecule has 1 aliphatic rings. The van der Waals surface area contributed by atoms with Gasteiger partial charge in [0.2, 0.25) is 5.95 Å². The minimum atomic E-state index is -0.444. The van der Waals surface area contributed by atoms with Crippen molar-refractivity contribution in [3.05, 3.63) is 58.1 Å². The van der Waals surface area contributed by atoms with Crippen molar-refractivity contribution >= 4 is 34.3 Å². The number of nitrogens with zero attached hydrogens (tertiary/aromatic N) is 3. The molecule has 8 nitrogen and oxygen atoms in total. The van der Waals surface area contributed by atoms with Gasteiger partial charge in [-0.1, -0.05) is 19.1 Å². The predicted molar refractivity (Wildman–Crippen MR) is 108 cm³/mol. The lowest BCUT2D eigenvalue weighted by Gasteiger charge is -2.32. The molecule has 1 fully saturated rings. The normalized spacial score (nSPS) is 16.9. The summed E-state index contributed by atoms with van der Waals surface area (Å²) in [7, 11) is 0. The van der Waals surface area contributed by atoms with Crippen LogP contribution in [0.15, 0.2) is 42.5 Å². The van der Waals surface area contributed by atoms with Gasteiger partial charge in [0.25, 0.3) is 11.6 Å². The van der Waals surface area contributed by atoms with Crippen molar-refractivity contribution in [2.24, 2.45) is 5.92 Å². The highest BCUT2D eigenvalue weighted by atomic mass is 16.6. The van der Waals surface area contributed by atoms with Gasteiger partial charge in [0.1, 0.15) is 5.69 Å². The van der Waals surface area contributed by atoms with E-state index in [0.717, 1.165) is 37.0 Å². The van der Waals surface area contributed by atoms with Crippen LogP contribution in [-0.4, -0.2) is 33.9 Å². The number of nitro benzene ring substituents is 1. The number of imidazole rings is 1. The lowest BCUT2D eigenvalue weighted by molar-refractivity contribution is -0.384. The first-order chi connectivity index (χ1) is 13.5. The fourth-order valence-electron chi connectivity index (χ4n) is 3.68. The number of para-hydroxylation sites is 2. The molecule has 1 aliphatic heterocycles. The van der Waals surface area contributed by atoms with Crippen molar-refractivity contribution in [3.8, 4) is 0 Å². The Morgan fingerprint density at radius 3 is 2.89 bits per heavy atom. The van der Waals surface area contributed by atoms with Crippen LogP contribution in [-0.2, 0) is 0 Å². The first kappa shape index (κ1) is 18.0. The van der Waals surface area contributed by atoms with Crippen LogP contribution in [0.2, 0.25) is 0 Å². The number of piperidine rings is 1. The fourth-order valence-corrected chi connectivity index (χ4v) is 3.68. The van der Waals surface area contributed by atoms with Gasteiger partial charge in [-0.3, -0.25) is 20.2 Å². The first-order valence-electron chi connectivity index (χ1n) is 9.31. The topological polar surface area (TPSA) is 104 Å². The predicted octanol–water partition coefficient (Wildman–Crippen LogP) is 3.96. The maximum absolute atomic E-state index is 12.6. The van der Waals surface area contributed by atoms with E-state index in [1.807, 2.05) is 29.2 Å². The maximum Gasteiger partial charge on any atom is 0.293 e. The van der Waals surface area contributed by atoms with Crippen LogP contribution in [0.5, 0.6) is 0 Å². The minimum Gasteiger partial charge on any atom is -0.366 e. The molecule has 0 unspecified atom stereocenters. The van der Waals surface area contributed by atoms with Crippen LogP contribution < -0.4 is 10.2 Å². The van der Waals surface area contributed by atoms with E-state index in [0.29, 0.717) is 17.6 Å². The number of aromatic nitrogens is 2. The smallest absolute Gasteiger partial charge is 0.293 e. The summed E-state index contributed by atoms with van der Waals surface area (Å²) >= 11 is 0. The molecule has 3 aromatic rings. The number of benzene rings is 2. The Morgan fingerprint density at radius 1 is 1.32 bits per heavy atom. The van der Waals surface area contributed by atoms with E-state index in [2.05, 4.69) is 22.2 Å². The summed E-state index contributed by atoms with van der Waals surface area (Å²) in [6.07, 6.45) is 2.13. The second kappa shape index (κ2) is 7.30. The van der Waals surface area contributed by atoms with Gasteiger partial charge in [0.15, 0.2) is 0 Å². The molecule has 0 radical (unpaired) electrons. The number of rotatable bonds is 4. The van der Waals surface area contributed by atoms with Crippen molar-refractivity contribution in [2.45, 2.75) is 19.8 Å². The highest BCUT2D eigenvalue weighted by Crippen LogP contribution is 2.32.